The van der Waals surface area contributed by atoms with E-state index >= 15 is 0 Å². The lowest BCUT2D eigenvalue weighted by atomic mass is 10.1. The van der Waals surface area contributed by atoms with E-state index in [0.717, 1.165) is 4.88 Å². The Labute approximate surface area is 243 Å². The van der Waals surface area contributed by atoms with E-state index in [-0.39, 0.29) is 28.0 Å². The molecule has 41 heavy (non-hydrogen) atoms. The number of anilines is 1. The Morgan fingerprint density at radius 1 is 1.17 bits per heavy atom. The number of benzene rings is 1. The SMILES string of the molecule is CC(C)(C)OC(=O)NC1CN(Cc2cnc(NC(=O)C(=NO[C@@H]3CCOC3)c3ccc(S(=O)(=O)C4CC4)cc3)s2)C1. The van der Waals surface area contributed by atoms with Crippen LogP contribution in [0.5, 0.6) is 0 Å². The summed E-state index contributed by atoms with van der Waals surface area (Å²) in [5.41, 5.74) is -0.0986. The fourth-order valence-corrected chi connectivity index (χ4v) is 6.91. The lowest BCUT2D eigenvalue weighted by Crippen LogP contribution is -2.59. The van der Waals surface area contributed by atoms with Crippen LogP contribution in [-0.2, 0) is 35.5 Å². The molecule has 5 rings (SSSR count). The molecule has 3 aliphatic rings. The summed E-state index contributed by atoms with van der Waals surface area (Å²) in [5, 5.41) is 9.88. The molecule has 2 N–H and O–H groups in total. The number of carbonyl (C=O) groups excluding carboxylic acids is 2. The van der Waals surface area contributed by atoms with Crippen LogP contribution in [0.15, 0.2) is 40.5 Å². The van der Waals surface area contributed by atoms with Crippen molar-refractivity contribution in [1.29, 1.82) is 0 Å². The molecule has 2 saturated heterocycles. The number of hydrogen-bond acceptors (Lipinski definition) is 11. The normalized spacial score (nSPS) is 20.4. The van der Waals surface area contributed by atoms with Crippen molar-refractivity contribution in [3.05, 3.63) is 40.9 Å². The zero-order chi connectivity index (χ0) is 29.2. The number of ether oxygens (including phenoxy) is 2. The predicted molar refractivity (Wildman–Crippen MR) is 153 cm³/mol. The van der Waals surface area contributed by atoms with Crippen LogP contribution < -0.4 is 10.6 Å². The number of amides is 2. The fraction of sp³-hybridized carbons (Fsp3) is 0.556. The van der Waals surface area contributed by atoms with Crippen molar-refractivity contribution in [2.24, 2.45) is 5.16 Å². The van der Waals surface area contributed by atoms with Crippen molar-refractivity contribution < 1.29 is 32.3 Å². The number of sulfone groups is 1. The van der Waals surface area contributed by atoms with Gasteiger partial charge < -0.3 is 19.6 Å². The van der Waals surface area contributed by atoms with Crippen molar-refractivity contribution in [2.75, 3.05) is 31.6 Å². The van der Waals surface area contributed by atoms with Gasteiger partial charge in [0.05, 0.1) is 29.4 Å². The molecule has 2 aliphatic heterocycles. The molecule has 1 aromatic carbocycles. The Morgan fingerprint density at radius 3 is 2.54 bits per heavy atom. The van der Waals surface area contributed by atoms with Crippen LogP contribution in [0, 0.1) is 0 Å². The summed E-state index contributed by atoms with van der Waals surface area (Å²) in [6.45, 7) is 8.42. The van der Waals surface area contributed by atoms with Crippen LogP contribution in [-0.4, -0.2) is 85.3 Å². The summed E-state index contributed by atoms with van der Waals surface area (Å²) in [6, 6.07) is 6.17. The highest BCUT2D eigenvalue weighted by molar-refractivity contribution is 7.92. The number of likely N-dealkylation sites (tertiary alicyclic amines) is 1. The zero-order valence-corrected chi connectivity index (χ0v) is 24.9. The number of hydrogen-bond donors (Lipinski definition) is 2. The number of thiazole rings is 1. The molecule has 0 unspecified atom stereocenters. The molecule has 3 fully saturated rings. The third-order valence-corrected chi connectivity index (χ3v) is 9.82. The number of alkyl carbamates (subject to hydrolysis) is 1. The second-order valence-electron chi connectivity index (χ2n) is 11.4. The second-order valence-corrected chi connectivity index (χ2v) is 14.8. The average molecular weight is 606 g/mol. The van der Waals surface area contributed by atoms with Gasteiger partial charge in [-0.2, -0.15) is 0 Å². The second kappa shape index (κ2) is 12.0. The van der Waals surface area contributed by atoms with Gasteiger partial charge in [0.15, 0.2) is 26.8 Å². The third-order valence-electron chi connectivity index (χ3n) is 6.65. The van der Waals surface area contributed by atoms with E-state index in [1.54, 1.807) is 18.3 Å². The van der Waals surface area contributed by atoms with Gasteiger partial charge in [0.25, 0.3) is 5.91 Å². The monoisotopic (exact) mass is 605 g/mol. The molecule has 12 nitrogen and oxygen atoms in total. The van der Waals surface area contributed by atoms with Gasteiger partial charge in [-0.15, -0.1) is 11.3 Å². The summed E-state index contributed by atoms with van der Waals surface area (Å²) in [7, 11) is -3.35. The first-order valence-electron chi connectivity index (χ1n) is 13.6. The van der Waals surface area contributed by atoms with Gasteiger partial charge >= 0.3 is 6.09 Å². The van der Waals surface area contributed by atoms with E-state index in [4.69, 9.17) is 14.3 Å². The maximum absolute atomic E-state index is 13.3. The Morgan fingerprint density at radius 2 is 1.90 bits per heavy atom. The van der Waals surface area contributed by atoms with E-state index < -0.39 is 27.4 Å². The minimum Gasteiger partial charge on any atom is -0.444 e. The minimum absolute atomic E-state index is 0.0165. The highest BCUT2D eigenvalue weighted by atomic mass is 32.2. The molecule has 14 heteroatoms. The lowest BCUT2D eigenvalue weighted by molar-refractivity contribution is -0.110. The Hall–Kier alpha value is -3.07. The molecule has 1 atom stereocenters. The van der Waals surface area contributed by atoms with Crippen LogP contribution in [0.25, 0.3) is 0 Å². The lowest BCUT2D eigenvalue weighted by Gasteiger charge is -2.39. The average Bonchev–Trinajstić information content (AvgIpc) is 3.46. The highest BCUT2D eigenvalue weighted by Crippen LogP contribution is 2.33. The van der Waals surface area contributed by atoms with Crippen molar-refractivity contribution in [3.63, 3.8) is 0 Å². The van der Waals surface area contributed by atoms with E-state index in [2.05, 4.69) is 25.7 Å². The van der Waals surface area contributed by atoms with Crippen LogP contribution in [0.2, 0.25) is 0 Å². The highest BCUT2D eigenvalue weighted by Gasteiger charge is 2.37. The molecule has 0 bridgehead atoms. The minimum atomic E-state index is -3.35. The maximum Gasteiger partial charge on any atom is 0.407 e. The van der Waals surface area contributed by atoms with E-state index in [9.17, 15) is 18.0 Å². The Balaban J connectivity index is 1.19. The molecule has 3 heterocycles. The summed E-state index contributed by atoms with van der Waals surface area (Å²) in [6.07, 6.45) is 3.03. The number of rotatable bonds is 10. The van der Waals surface area contributed by atoms with Crippen LogP contribution in [0.1, 0.15) is 50.5 Å². The number of carbonyl (C=O) groups is 2. The quantitative estimate of drug-likeness (QED) is 0.308. The van der Waals surface area contributed by atoms with Gasteiger partial charge in [-0.05, 0) is 45.7 Å². The maximum atomic E-state index is 13.3. The van der Waals surface area contributed by atoms with Gasteiger partial charge in [0.2, 0.25) is 0 Å². The first-order valence-corrected chi connectivity index (χ1v) is 16.0. The molecule has 0 spiro atoms. The molecule has 1 aliphatic carbocycles. The Bertz CT molecular complexity index is 1390. The molecule has 222 valence electrons. The molecule has 2 aromatic rings. The summed E-state index contributed by atoms with van der Waals surface area (Å²) in [5.74, 6) is -0.520. The van der Waals surface area contributed by atoms with Gasteiger partial charge in [0, 0.05) is 42.7 Å². The number of nitrogens with zero attached hydrogens (tertiary/aromatic N) is 3. The molecule has 0 radical (unpaired) electrons. The molecule has 1 saturated carbocycles. The van der Waals surface area contributed by atoms with Gasteiger partial charge in [0.1, 0.15) is 5.60 Å². The summed E-state index contributed by atoms with van der Waals surface area (Å²) in [4.78, 5) is 38.5. The van der Waals surface area contributed by atoms with Crippen molar-refractivity contribution in [2.45, 2.75) is 74.5 Å². The van der Waals surface area contributed by atoms with Crippen LogP contribution >= 0.6 is 11.3 Å². The Kier molecular flexibility index (Phi) is 8.64. The molecule has 1 aromatic heterocycles. The van der Waals surface area contributed by atoms with Crippen LogP contribution in [0.3, 0.4) is 0 Å². The standard InChI is InChI=1S/C27H35N5O7S2/c1-27(2,3)38-26(34)29-18-13-32(14-18)15-20-12-28-25(40-20)30-24(33)23(31-39-19-10-11-37-16-19)17-4-6-21(7-5-17)41(35,36)22-8-9-22/h4-7,12,18-19,22H,8-11,13-16H2,1-3H3,(H,29,34)(H,28,30,33)/t19-/m1/s1. The third kappa shape index (κ3) is 7.82. The number of aromatic nitrogens is 1. The largest absolute Gasteiger partial charge is 0.444 e. The molecular formula is C27H35N5O7S2. The summed E-state index contributed by atoms with van der Waals surface area (Å²) < 4.78 is 35.8. The first kappa shape index (κ1) is 29.4. The van der Waals surface area contributed by atoms with Crippen molar-refractivity contribution in [1.82, 2.24) is 15.2 Å². The predicted octanol–water partition coefficient (Wildman–Crippen LogP) is 2.94. The zero-order valence-electron chi connectivity index (χ0n) is 23.3. The van der Waals surface area contributed by atoms with Gasteiger partial charge in [-0.3, -0.25) is 15.0 Å². The van der Waals surface area contributed by atoms with Crippen LogP contribution in [0.4, 0.5) is 9.93 Å². The first-order chi connectivity index (χ1) is 19.5. The molecular weight excluding hydrogens is 570 g/mol. The van der Waals surface area contributed by atoms with Crippen molar-refractivity contribution in [3.8, 4) is 0 Å². The topological polar surface area (TPSA) is 149 Å². The summed E-state index contributed by atoms with van der Waals surface area (Å²) >= 11 is 1.34. The smallest absolute Gasteiger partial charge is 0.407 e. The van der Waals surface area contributed by atoms with E-state index in [0.29, 0.717) is 62.8 Å². The fourth-order valence-electron chi connectivity index (χ4n) is 4.40. The van der Waals surface area contributed by atoms with E-state index in [1.807, 2.05) is 20.8 Å². The van der Waals surface area contributed by atoms with E-state index in [1.165, 1.54) is 23.5 Å². The van der Waals surface area contributed by atoms with Crippen molar-refractivity contribution >= 4 is 44.0 Å². The number of oxime groups is 1. The van der Waals surface area contributed by atoms with Gasteiger partial charge in [-0.1, -0.05) is 17.3 Å². The van der Waals surface area contributed by atoms with Gasteiger partial charge in [-0.25, -0.2) is 18.2 Å². The number of nitrogens with one attached hydrogen (secondary N) is 2. The molecule has 2 amide bonds.